The number of halogens is 1. The molecule has 5 N–H and O–H groups in total. The third kappa shape index (κ3) is 6.74. The van der Waals surface area contributed by atoms with E-state index in [2.05, 4.69) is 10.3 Å². The van der Waals surface area contributed by atoms with Gasteiger partial charge in [-0.15, -0.1) is 0 Å². The van der Waals surface area contributed by atoms with Crippen LogP contribution < -0.4 is 10.7 Å². The van der Waals surface area contributed by atoms with Gasteiger partial charge in [-0.1, -0.05) is 23.9 Å². The van der Waals surface area contributed by atoms with E-state index < -0.39 is 28.6 Å². The number of aromatic hydroxyl groups is 1. The first-order valence-corrected chi connectivity index (χ1v) is 13.5. The van der Waals surface area contributed by atoms with Crippen LogP contribution in [0.2, 0.25) is 0 Å². The molecule has 1 aromatic carbocycles. The predicted molar refractivity (Wildman–Crippen MR) is 150 cm³/mol. The highest BCUT2D eigenvalue weighted by atomic mass is 32.2. The summed E-state index contributed by atoms with van der Waals surface area (Å²) >= 11 is 0.735. The van der Waals surface area contributed by atoms with Crippen LogP contribution in [-0.4, -0.2) is 75.1 Å². The van der Waals surface area contributed by atoms with Crippen LogP contribution in [0.15, 0.2) is 35.3 Å². The van der Waals surface area contributed by atoms with Gasteiger partial charge in [0, 0.05) is 39.7 Å². The molecule has 2 amide bonds. The summed E-state index contributed by atoms with van der Waals surface area (Å²) < 4.78 is 13.1. The fourth-order valence-corrected chi connectivity index (χ4v) is 5.71. The molecule has 2 aromatic rings. The summed E-state index contributed by atoms with van der Waals surface area (Å²) in [5.41, 5.74) is -1.42. The van der Waals surface area contributed by atoms with Crippen LogP contribution in [0.3, 0.4) is 0 Å². The molecule has 210 valence electrons. The number of hydrogen-bond donors (Lipinski definition) is 5. The van der Waals surface area contributed by atoms with Crippen LogP contribution in [0.4, 0.5) is 4.39 Å². The molecule has 39 heavy (non-hydrogen) atoms. The number of benzene rings is 1. The van der Waals surface area contributed by atoms with E-state index in [1.54, 1.807) is 37.9 Å². The first kappa shape index (κ1) is 30.0. The maximum absolute atomic E-state index is 13.6. The smallest absolute Gasteiger partial charge is 0.275 e. The average Bonchev–Trinajstić information content (AvgIpc) is 3.30. The zero-order valence-electron chi connectivity index (χ0n) is 22.6. The van der Waals surface area contributed by atoms with Crippen LogP contribution >= 0.6 is 11.8 Å². The number of thioether (sulfide) groups is 1. The van der Waals surface area contributed by atoms with Crippen molar-refractivity contribution in [3.8, 4) is 5.75 Å². The maximum atomic E-state index is 13.6. The first-order valence-electron chi connectivity index (χ1n) is 12.7. The summed E-state index contributed by atoms with van der Waals surface area (Å²) in [7, 11) is 5.16. The zero-order valence-corrected chi connectivity index (χ0v) is 23.4. The Morgan fingerprint density at radius 3 is 2.51 bits per heavy atom. The molecule has 0 radical (unpaired) electrons. The molecular formula is C27H35FN6O4S. The predicted octanol–water partition coefficient (Wildman–Crippen LogP) is 3.15. The highest BCUT2D eigenvalue weighted by Crippen LogP contribution is 2.39. The molecule has 1 aliphatic rings. The van der Waals surface area contributed by atoms with Gasteiger partial charge in [-0.3, -0.25) is 30.5 Å². The van der Waals surface area contributed by atoms with Crippen molar-refractivity contribution in [3.63, 3.8) is 0 Å². The molecule has 1 aromatic heterocycles. The van der Waals surface area contributed by atoms with E-state index in [0.717, 1.165) is 18.2 Å². The number of rotatable bonds is 9. The minimum Gasteiger partial charge on any atom is -0.503 e. The number of hydrogen-bond acceptors (Lipinski definition) is 8. The monoisotopic (exact) mass is 558 g/mol. The summed E-state index contributed by atoms with van der Waals surface area (Å²) in [6.07, 6.45) is 3.60. The van der Waals surface area contributed by atoms with Crippen LogP contribution in [0.25, 0.3) is 0 Å². The van der Waals surface area contributed by atoms with Crippen LogP contribution in [0.1, 0.15) is 54.2 Å². The van der Waals surface area contributed by atoms with Gasteiger partial charge in [0.2, 0.25) is 11.3 Å². The molecule has 1 heterocycles. The Balaban J connectivity index is 1.77. The van der Waals surface area contributed by atoms with Crippen molar-refractivity contribution >= 4 is 33.7 Å². The summed E-state index contributed by atoms with van der Waals surface area (Å²) in [6, 6.07) is 5.64. The molecule has 1 fully saturated rings. The number of pyridine rings is 1. The van der Waals surface area contributed by atoms with E-state index >= 15 is 0 Å². The van der Waals surface area contributed by atoms with Gasteiger partial charge in [0.15, 0.2) is 11.4 Å². The molecule has 2 atom stereocenters. The van der Waals surface area contributed by atoms with E-state index in [9.17, 15) is 23.9 Å². The molecule has 10 nitrogen and oxygen atoms in total. The van der Waals surface area contributed by atoms with E-state index in [1.807, 2.05) is 0 Å². The molecule has 1 saturated carbocycles. The van der Waals surface area contributed by atoms with Crippen LogP contribution in [0.5, 0.6) is 5.75 Å². The molecule has 0 aliphatic heterocycles. The number of aromatic amines is 1. The Hall–Kier alpha value is -3.51. The molecule has 12 heteroatoms. The topological polar surface area (TPSA) is 153 Å². The van der Waals surface area contributed by atoms with Gasteiger partial charge in [-0.05, 0) is 56.8 Å². The van der Waals surface area contributed by atoms with Crippen molar-refractivity contribution in [1.29, 1.82) is 10.8 Å². The maximum Gasteiger partial charge on any atom is 0.275 e. The summed E-state index contributed by atoms with van der Waals surface area (Å²) in [5, 5.41) is 30.2. The second-order valence-corrected chi connectivity index (χ2v) is 10.9. The molecular weight excluding hydrogens is 523 g/mol. The van der Waals surface area contributed by atoms with Crippen molar-refractivity contribution in [3.05, 3.63) is 63.3 Å². The van der Waals surface area contributed by atoms with Gasteiger partial charge >= 0.3 is 0 Å². The number of carbonyl (C=O) groups excluding carboxylic acids is 2. The molecule has 0 bridgehead atoms. The van der Waals surface area contributed by atoms with Crippen LogP contribution in [-0.2, 0) is 11.2 Å². The lowest BCUT2D eigenvalue weighted by Crippen LogP contribution is -2.58. The summed E-state index contributed by atoms with van der Waals surface area (Å²) in [4.78, 5) is 44.6. The number of aromatic nitrogens is 1. The van der Waals surface area contributed by atoms with Crippen molar-refractivity contribution in [2.75, 3.05) is 27.7 Å². The van der Waals surface area contributed by atoms with E-state index in [-0.39, 0.29) is 39.6 Å². The minimum absolute atomic E-state index is 0.0184. The highest BCUT2D eigenvalue weighted by Gasteiger charge is 2.45. The Bertz CT molecular complexity index is 1310. The second kappa shape index (κ2) is 12.6. The molecule has 0 spiro atoms. The SMILES string of the molecule is CCN(C(=O)c1[nH]cc(C(=N)SC(=N)Cc2ccc(F)cc2)c(=O)c1O)C1(NC)CCC(CC(=O)N(C)C)C1. The van der Waals surface area contributed by atoms with Crippen molar-refractivity contribution in [2.45, 2.75) is 44.7 Å². The van der Waals surface area contributed by atoms with Crippen molar-refractivity contribution < 1.29 is 19.1 Å². The normalized spacial score (nSPS) is 18.5. The zero-order chi connectivity index (χ0) is 28.9. The Morgan fingerprint density at radius 1 is 1.26 bits per heavy atom. The van der Waals surface area contributed by atoms with Crippen LogP contribution in [0, 0.1) is 22.6 Å². The first-order chi connectivity index (χ1) is 18.4. The second-order valence-electron chi connectivity index (χ2n) is 9.84. The summed E-state index contributed by atoms with van der Waals surface area (Å²) in [6.45, 7) is 2.10. The number of amides is 2. The lowest BCUT2D eigenvalue weighted by atomic mass is 9.99. The standard InChI is InChI=1S/C27H35FN6O4S/c1-5-34(27(31-2)11-10-17(14-27)13-21(35)33(3)4)26(38)22-24(37)23(36)19(15-32-22)25(30)39-20(29)12-16-6-8-18(28)9-7-16/h6-9,15,17,29-31,37H,5,10-14H2,1-4H3,(H,32,36). The van der Waals surface area contributed by atoms with E-state index in [0.29, 0.717) is 31.4 Å². The average molecular weight is 559 g/mol. The van der Waals surface area contributed by atoms with Gasteiger partial charge < -0.3 is 19.9 Å². The summed E-state index contributed by atoms with van der Waals surface area (Å²) in [5.74, 6) is -1.67. The lowest BCUT2D eigenvalue weighted by molar-refractivity contribution is -0.129. The highest BCUT2D eigenvalue weighted by molar-refractivity contribution is 8.26. The fourth-order valence-electron chi connectivity index (χ4n) is 4.96. The van der Waals surface area contributed by atoms with E-state index in [4.69, 9.17) is 10.8 Å². The Labute approximate surface area is 231 Å². The van der Waals surface area contributed by atoms with Gasteiger partial charge in [-0.2, -0.15) is 0 Å². The molecule has 0 saturated heterocycles. The third-order valence-corrected chi connectivity index (χ3v) is 7.93. The molecule has 2 unspecified atom stereocenters. The van der Waals surface area contributed by atoms with Gasteiger partial charge in [-0.25, -0.2) is 4.39 Å². The Kier molecular flexibility index (Phi) is 9.68. The largest absolute Gasteiger partial charge is 0.503 e. The number of nitrogens with zero attached hydrogens (tertiary/aromatic N) is 2. The van der Waals surface area contributed by atoms with Gasteiger partial charge in [0.1, 0.15) is 10.9 Å². The van der Waals surface area contributed by atoms with Gasteiger partial charge in [0.05, 0.1) is 16.3 Å². The van der Waals surface area contributed by atoms with Gasteiger partial charge in [0.25, 0.3) is 5.91 Å². The number of nitrogens with one attached hydrogen (secondary N) is 4. The lowest BCUT2D eigenvalue weighted by Gasteiger charge is -2.41. The molecule has 3 rings (SSSR count). The molecule has 1 aliphatic carbocycles. The minimum atomic E-state index is -0.889. The third-order valence-electron chi connectivity index (χ3n) is 7.12. The van der Waals surface area contributed by atoms with E-state index in [1.165, 1.54) is 30.5 Å². The number of H-pyrrole nitrogens is 1. The fraction of sp³-hybridized carbons (Fsp3) is 0.444. The van der Waals surface area contributed by atoms with Crippen molar-refractivity contribution in [1.82, 2.24) is 20.1 Å². The Morgan fingerprint density at radius 2 is 1.92 bits per heavy atom. The number of carbonyl (C=O) groups is 2. The van der Waals surface area contributed by atoms with Crippen molar-refractivity contribution in [2.24, 2.45) is 5.92 Å². The quantitative estimate of drug-likeness (QED) is 0.181.